The molecule has 1 aliphatic carbocycles. The molecule has 1 saturated carbocycles. The maximum Gasteiger partial charge on any atom is 0.305 e. The van der Waals surface area contributed by atoms with E-state index < -0.39 is 5.82 Å². The molecular weight excluding hydrogens is 385 g/mol. The lowest BCUT2D eigenvalue weighted by atomic mass is 9.83. The molecule has 1 aromatic carbocycles. The Kier molecular flexibility index (Phi) is 6.39. The number of halogens is 2. The van der Waals surface area contributed by atoms with Crippen molar-refractivity contribution in [3.8, 4) is 11.1 Å². The first kappa shape index (κ1) is 20.4. The van der Waals surface area contributed by atoms with Gasteiger partial charge in [-0.1, -0.05) is 24.1 Å². The average Bonchev–Trinajstić information content (AvgIpc) is 3.03. The van der Waals surface area contributed by atoms with Gasteiger partial charge in [0.15, 0.2) is 0 Å². The number of methoxy groups -OCH3 is 1. The molecule has 2 aromatic rings. The molecular formula is C21H23ClFNO4. The van der Waals surface area contributed by atoms with E-state index in [-0.39, 0.29) is 40.0 Å². The van der Waals surface area contributed by atoms with Crippen molar-refractivity contribution >= 4 is 23.5 Å². The van der Waals surface area contributed by atoms with E-state index in [1.807, 2.05) is 0 Å². The van der Waals surface area contributed by atoms with Crippen LogP contribution in [0.25, 0.3) is 11.1 Å². The second kappa shape index (κ2) is 8.78. The van der Waals surface area contributed by atoms with Crippen LogP contribution < -0.4 is 5.32 Å². The van der Waals surface area contributed by atoms with Gasteiger partial charge in [0.25, 0.3) is 5.91 Å². The number of carbonyl (C=O) groups excluding carboxylic acids is 2. The van der Waals surface area contributed by atoms with Gasteiger partial charge in [0, 0.05) is 23.6 Å². The molecule has 0 radical (unpaired) electrons. The van der Waals surface area contributed by atoms with Crippen molar-refractivity contribution in [1.82, 2.24) is 5.32 Å². The van der Waals surface area contributed by atoms with Gasteiger partial charge in [-0.15, -0.1) is 0 Å². The third-order valence-electron chi connectivity index (χ3n) is 5.24. The van der Waals surface area contributed by atoms with Crippen molar-refractivity contribution < 1.29 is 23.1 Å². The van der Waals surface area contributed by atoms with Gasteiger partial charge in [-0.25, -0.2) is 4.39 Å². The molecule has 28 heavy (non-hydrogen) atoms. The van der Waals surface area contributed by atoms with E-state index >= 15 is 0 Å². The number of amides is 1. The lowest BCUT2D eigenvalue weighted by molar-refractivity contribution is -0.142. The SMILES string of the molecule is COC(=O)CC1CCCC(NC(=O)c2c(-c3c(F)cccc3Cl)coc2C)C1. The van der Waals surface area contributed by atoms with Crippen LogP contribution in [0.4, 0.5) is 4.39 Å². The Labute approximate surface area is 168 Å². The van der Waals surface area contributed by atoms with Gasteiger partial charge in [0.2, 0.25) is 0 Å². The first-order valence-corrected chi connectivity index (χ1v) is 9.68. The number of hydrogen-bond acceptors (Lipinski definition) is 4. The Morgan fingerprint density at radius 2 is 2.14 bits per heavy atom. The van der Waals surface area contributed by atoms with Crippen molar-refractivity contribution in [3.63, 3.8) is 0 Å². The largest absolute Gasteiger partial charge is 0.469 e. The van der Waals surface area contributed by atoms with Gasteiger partial charge < -0.3 is 14.5 Å². The molecule has 1 aromatic heterocycles. The summed E-state index contributed by atoms with van der Waals surface area (Å²) in [5.41, 5.74) is 0.764. The summed E-state index contributed by atoms with van der Waals surface area (Å²) in [5, 5.41) is 3.23. The number of furan rings is 1. The average molecular weight is 408 g/mol. The molecule has 5 nitrogen and oxygen atoms in total. The summed E-state index contributed by atoms with van der Waals surface area (Å²) in [4.78, 5) is 24.5. The maximum atomic E-state index is 14.4. The van der Waals surface area contributed by atoms with Crippen molar-refractivity contribution in [2.24, 2.45) is 5.92 Å². The molecule has 7 heteroatoms. The monoisotopic (exact) mass is 407 g/mol. The van der Waals surface area contributed by atoms with Crippen LogP contribution >= 0.6 is 11.6 Å². The molecule has 150 valence electrons. The Morgan fingerprint density at radius 3 is 2.86 bits per heavy atom. The highest BCUT2D eigenvalue weighted by atomic mass is 35.5. The summed E-state index contributed by atoms with van der Waals surface area (Å²) < 4.78 is 24.5. The Bertz CT molecular complexity index is 859. The standard InChI is InChI=1S/C21H23ClFNO4/c1-12-19(15(11-28-12)20-16(22)7-4-8-17(20)23)21(26)24-14-6-3-5-13(9-14)10-18(25)27-2/h4,7-8,11,13-14H,3,5-6,9-10H2,1-2H3,(H,24,26). The number of benzene rings is 1. The number of ether oxygens (including phenoxy) is 1. The van der Waals surface area contributed by atoms with Crippen LogP contribution in [0.5, 0.6) is 0 Å². The highest BCUT2D eigenvalue weighted by Crippen LogP contribution is 2.35. The van der Waals surface area contributed by atoms with Gasteiger partial charge in [0.05, 0.1) is 24.0 Å². The van der Waals surface area contributed by atoms with Gasteiger partial charge in [-0.2, -0.15) is 0 Å². The topological polar surface area (TPSA) is 68.5 Å². The zero-order chi connectivity index (χ0) is 20.3. The first-order chi connectivity index (χ1) is 13.4. The van der Waals surface area contributed by atoms with E-state index in [1.165, 1.54) is 25.5 Å². The van der Waals surface area contributed by atoms with Crippen LogP contribution in [0.3, 0.4) is 0 Å². The number of esters is 1. The van der Waals surface area contributed by atoms with E-state index in [0.29, 0.717) is 24.2 Å². The van der Waals surface area contributed by atoms with Crippen molar-refractivity contribution in [3.05, 3.63) is 46.6 Å². The van der Waals surface area contributed by atoms with E-state index in [2.05, 4.69) is 5.32 Å². The number of carbonyl (C=O) groups is 2. The van der Waals surface area contributed by atoms with E-state index in [9.17, 15) is 14.0 Å². The lowest BCUT2D eigenvalue weighted by Crippen LogP contribution is -2.39. The molecule has 1 heterocycles. The Hall–Kier alpha value is -2.34. The Balaban J connectivity index is 1.79. The molecule has 1 aliphatic rings. The molecule has 1 N–H and O–H groups in total. The number of nitrogens with one attached hydrogen (secondary N) is 1. The number of rotatable bonds is 5. The van der Waals surface area contributed by atoms with Crippen LogP contribution in [-0.2, 0) is 9.53 Å². The molecule has 0 spiro atoms. The second-order valence-electron chi connectivity index (χ2n) is 7.16. The minimum absolute atomic E-state index is 0.0610. The molecule has 2 atom stereocenters. The summed E-state index contributed by atoms with van der Waals surface area (Å²) in [5.74, 6) is -0.507. The minimum Gasteiger partial charge on any atom is -0.469 e. The summed E-state index contributed by atoms with van der Waals surface area (Å²) in [7, 11) is 1.38. The van der Waals surface area contributed by atoms with Gasteiger partial charge in [-0.3, -0.25) is 9.59 Å². The van der Waals surface area contributed by atoms with Crippen molar-refractivity contribution in [2.45, 2.75) is 45.1 Å². The lowest BCUT2D eigenvalue weighted by Gasteiger charge is -2.29. The van der Waals surface area contributed by atoms with Crippen molar-refractivity contribution in [2.75, 3.05) is 7.11 Å². The zero-order valence-electron chi connectivity index (χ0n) is 15.9. The van der Waals surface area contributed by atoms with Gasteiger partial charge >= 0.3 is 5.97 Å². The highest BCUT2D eigenvalue weighted by molar-refractivity contribution is 6.33. The van der Waals surface area contributed by atoms with Crippen LogP contribution in [0.1, 0.15) is 48.2 Å². The summed E-state index contributed by atoms with van der Waals surface area (Å²) in [6.45, 7) is 1.66. The molecule has 0 aliphatic heterocycles. The fraction of sp³-hybridized carbons (Fsp3) is 0.429. The predicted octanol–water partition coefficient (Wildman–Crippen LogP) is 4.90. The summed E-state index contributed by atoms with van der Waals surface area (Å²) in [6.07, 6.45) is 5.09. The van der Waals surface area contributed by atoms with Crippen LogP contribution in [0.2, 0.25) is 5.02 Å². The Morgan fingerprint density at radius 1 is 1.36 bits per heavy atom. The molecule has 1 fully saturated rings. The third kappa shape index (κ3) is 4.38. The third-order valence-corrected chi connectivity index (χ3v) is 5.55. The van der Waals surface area contributed by atoms with Crippen LogP contribution in [-0.4, -0.2) is 25.0 Å². The molecule has 0 bridgehead atoms. The summed E-state index contributed by atoms with van der Waals surface area (Å²) >= 11 is 6.17. The maximum absolute atomic E-state index is 14.4. The second-order valence-corrected chi connectivity index (χ2v) is 7.57. The molecule has 3 rings (SSSR count). The summed E-state index contributed by atoms with van der Waals surface area (Å²) in [6, 6.07) is 4.32. The molecule has 2 unspecified atom stereocenters. The van der Waals surface area contributed by atoms with E-state index in [4.69, 9.17) is 20.8 Å². The molecule has 0 saturated heterocycles. The van der Waals surface area contributed by atoms with Gasteiger partial charge in [-0.05, 0) is 44.2 Å². The fourth-order valence-electron chi connectivity index (χ4n) is 3.86. The quantitative estimate of drug-likeness (QED) is 0.716. The molecule has 1 amide bonds. The smallest absolute Gasteiger partial charge is 0.305 e. The van der Waals surface area contributed by atoms with Crippen LogP contribution in [0.15, 0.2) is 28.9 Å². The van der Waals surface area contributed by atoms with Crippen molar-refractivity contribution in [1.29, 1.82) is 0 Å². The number of aryl methyl sites for hydroxylation is 1. The fourth-order valence-corrected chi connectivity index (χ4v) is 4.12. The number of hydrogen-bond donors (Lipinski definition) is 1. The highest BCUT2D eigenvalue weighted by Gasteiger charge is 2.28. The van der Waals surface area contributed by atoms with Crippen LogP contribution in [0, 0.1) is 18.7 Å². The normalized spacial score (nSPS) is 19.3. The van der Waals surface area contributed by atoms with E-state index in [1.54, 1.807) is 13.0 Å². The van der Waals surface area contributed by atoms with Gasteiger partial charge in [0.1, 0.15) is 11.6 Å². The predicted molar refractivity (Wildman–Crippen MR) is 104 cm³/mol. The zero-order valence-corrected chi connectivity index (χ0v) is 16.6. The minimum atomic E-state index is -0.516. The van der Waals surface area contributed by atoms with E-state index in [0.717, 1.165) is 19.3 Å². The first-order valence-electron chi connectivity index (χ1n) is 9.30.